The van der Waals surface area contributed by atoms with Gasteiger partial charge in [-0.25, -0.2) is 4.39 Å². The molecule has 0 aliphatic rings. The number of alkyl halides is 1. The molecule has 0 fully saturated rings. The molecular formula is C13H9Br2FO. The van der Waals surface area contributed by atoms with Crippen LogP contribution in [-0.4, -0.2) is 0 Å². The van der Waals surface area contributed by atoms with Crippen molar-refractivity contribution in [1.82, 2.24) is 0 Å². The number of benzene rings is 2. The summed E-state index contributed by atoms with van der Waals surface area (Å²) < 4.78 is 19.7. The molecule has 0 atom stereocenters. The lowest BCUT2D eigenvalue weighted by molar-refractivity contribution is 0.476. The molecule has 1 nitrogen and oxygen atoms in total. The third kappa shape index (κ3) is 3.30. The second-order valence-electron chi connectivity index (χ2n) is 3.44. The summed E-state index contributed by atoms with van der Waals surface area (Å²) in [5.41, 5.74) is 0.785. The van der Waals surface area contributed by atoms with Gasteiger partial charge in [0.15, 0.2) is 0 Å². The van der Waals surface area contributed by atoms with Crippen LogP contribution in [0, 0.1) is 5.82 Å². The van der Waals surface area contributed by atoms with Crippen LogP contribution in [0.4, 0.5) is 4.39 Å². The SMILES string of the molecule is Fc1ccc(Oc2ccc(Br)cc2)c(CBr)c1. The Labute approximate surface area is 116 Å². The smallest absolute Gasteiger partial charge is 0.131 e. The Balaban J connectivity index is 2.26. The predicted octanol–water partition coefficient (Wildman–Crippen LogP) is 5.28. The molecule has 2 aromatic rings. The summed E-state index contributed by atoms with van der Waals surface area (Å²) in [5.74, 6) is 1.12. The number of ether oxygens (including phenoxy) is 1. The van der Waals surface area contributed by atoms with Crippen molar-refractivity contribution in [2.24, 2.45) is 0 Å². The number of hydrogen-bond donors (Lipinski definition) is 0. The average molecular weight is 360 g/mol. The van der Waals surface area contributed by atoms with Crippen molar-refractivity contribution < 1.29 is 9.13 Å². The second-order valence-corrected chi connectivity index (χ2v) is 4.92. The van der Waals surface area contributed by atoms with Gasteiger partial charge in [-0.15, -0.1) is 0 Å². The Kier molecular flexibility index (Phi) is 4.18. The van der Waals surface area contributed by atoms with Gasteiger partial charge < -0.3 is 4.74 Å². The Bertz CT molecular complexity index is 511. The van der Waals surface area contributed by atoms with Crippen LogP contribution in [0.5, 0.6) is 11.5 Å². The van der Waals surface area contributed by atoms with Gasteiger partial charge in [-0.3, -0.25) is 0 Å². The first-order valence-corrected chi connectivity index (χ1v) is 6.88. The monoisotopic (exact) mass is 358 g/mol. The summed E-state index contributed by atoms with van der Waals surface area (Å²) in [6.45, 7) is 0. The van der Waals surface area contributed by atoms with Crippen LogP contribution in [0.2, 0.25) is 0 Å². The van der Waals surface area contributed by atoms with E-state index in [0.29, 0.717) is 11.1 Å². The number of rotatable bonds is 3. The van der Waals surface area contributed by atoms with E-state index < -0.39 is 0 Å². The minimum atomic E-state index is -0.261. The molecule has 0 aromatic heterocycles. The number of halogens is 3. The lowest BCUT2D eigenvalue weighted by Gasteiger charge is -2.09. The summed E-state index contributed by atoms with van der Waals surface area (Å²) in [6.07, 6.45) is 0. The molecule has 0 N–H and O–H groups in total. The third-order valence-corrected chi connectivity index (χ3v) is 3.34. The Morgan fingerprint density at radius 1 is 1.06 bits per heavy atom. The van der Waals surface area contributed by atoms with Crippen LogP contribution in [0.15, 0.2) is 46.9 Å². The quantitative estimate of drug-likeness (QED) is 0.678. The van der Waals surface area contributed by atoms with E-state index >= 15 is 0 Å². The molecular weight excluding hydrogens is 351 g/mol. The van der Waals surface area contributed by atoms with Crippen molar-refractivity contribution in [1.29, 1.82) is 0 Å². The molecule has 0 saturated carbocycles. The van der Waals surface area contributed by atoms with Crippen LogP contribution in [0.3, 0.4) is 0 Å². The molecule has 4 heteroatoms. The van der Waals surface area contributed by atoms with Crippen molar-refractivity contribution in [3.63, 3.8) is 0 Å². The first-order chi connectivity index (χ1) is 8.19. The maximum atomic E-state index is 13.0. The van der Waals surface area contributed by atoms with Gasteiger partial charge in [0.2, 0.25) is 0 Å². The highest BCUT2D eigenvalue weighted by Crippen LogP contribution is 2.28. The van der Waals surface area contributed by atoms with Gasteiger partial charge in [0.05, 0.1) is 0 Å². The molecule has 0 spiro atoms. The van der Waals surface area contributed by atoms with Gasteiger partial charge in [0, 0.05) is 15.4 Å². The van der Waals surface area contributed by atoms with E-state index in [1.807, 2.05) is 24.3 Å². The fourth-order valence-corrected chi connectivity index (χ4v) is 2.08. The standard InChI is InChI=1S/C13H9Br2FO/c14-8-9-7-11(16)3-6-13(9)17-12-4-1-10(15)2-5-12/h1-7H,8H2. The highest BCUT2D eigenvalue weighted by Gasteiger charge is 2.05. The molecule has 0 radical (unpaired) electrons. The maximum Gasteiger partial charge on any atom is 0.131 e. The molecule has 88 valence electrons. The fraction of sp³-hybridized carbons (Fsp3) is 0.0769. The van der Waals surface area contributed by atoms with Crippen molar-refractivity contribution in [3.8, 4) is 11.5 Å². The van der Waals surface area contributed by atoms with Crippen molar-refractivity contribution in [2.75, 3.05) is 0 Å². The van der Waals surface area contributed by atoms with Gasteiger partial charge in [-0.05, 0) is 42.5 Å². The average Bonchev–Trinajstić information content (AvgIpc) is 2.34. The van der Waals surface area contributed by atoms with E-state index in [1.165, 1.54) is 12.1 Å². The molecule has 2 rings (SSSR count). The molecule has 0 saturated heterocycles. The normalized spacial score (nSPS) is 10.3. The van der Waals surface area contributed by atoms with Crippen molar-refractivity contribution in [2.45, 2.75) is 5.33 Å². The molecule has 2 aromatic carbocycles. The first-order valence-electron chi connectivity index (χ1n) is 4.97. The van der Waals surface area contributed by atoms with E-state index in [-0.39, 0.29) is 5.82 Å². The van der Waals surface area contributed by atoms with Gasteiger partial charge in [0.1, 0.15) is 17.3 Å². The minimum Gasteiger partial charge on any atom is -0.457 e. The Hall–Kier alpha value is -0.870. The Morgan fingerprint density at radius 2 is 1.76 bits per heavy atom. The van der Waals surface area contributed by atoms with Crippen LogP contribution in [0.25, 0.3) is 0 Å². The lowest BCUT2D eigenvalue weighted by Crippen LogP contribution is -1.90. The molecule has 0 heterocycles. The second kappa shape index (κ2) is 5.65. The van der Waals surface area contributed by atoms with Gasteiger partial charge in [0.25, 0.3) is 0 Å². The summed E-state index contributed by atoms with van der Waals surface area (Å²) >= 11 is 6.67. The zero-order chi connectivity index (χ0) is 12.3. The molecule has 17 heavy (non-hydrogen) atoms. The highest BCUT2D eigenvalue weighted by atomic mass is 79.9. The zero-order valence-electron chi connectivity index (χ0n) is 8.79. The molecule has 0 unspecified atom stereocenters. The van der Waals surface area contributed by atoms with Gasteiger partial charge in [-0.1, -0.05) is 31.9 Å². The van der Waals surface area contributed by atoms with E-state index in [2.05, 4.69) is 31.9 Å². The van der Waals surface area contributed by atoms with Gasteiger partial charge >= 0.3 is 0 Å². The maximum absolute atomic E-state index is 13.0. The summed E-state index contributed by atoms with van der Waals surface area (Å²) in [4.78, 5) is 0. The predicted molar refractivity (Wildman–Crippen MR) is 73.2 cm³/mol. The topological polar surface area (TPSA) is 9.23 Å². The minimum absolute atomic E-state index is 0.261. The van der Waals surface area contributed by atoms with Crippen molar-refractivity contribution in [3.05, 3.63) is 58.3 Å². The molecule has 0 amide bonds. The van der Waals surface area contributed by atoms with Crippen LogP contribution >= 0.6 is 31.9 Å². The number of hydrogen-bond acceptors (Lipinski definition) is 1. The van der Waals surface area contributed by atoms with Crippen LogP contribution in [-0.2, 0) is 5.33 Å². The first kappa shape index (κ1) is 12.6. The molecule has 0 aliphatic carbocycles. The Morgan fingerprint density at radius 3 is 2.41 bits per heavy atom. The zero-order valence-corrected chi connectivity index (χ0v) is 12.0. The molecule has 0 aliphatic heterocycles. The third-order valence-electron chi connectivity index (χ3n) is 2.21. The van der Waals surface area contributed by atoms with E-state index in [1.54, 1.807) is 6.07 Å². The van der Waals surface area contributed by atoms with Crippen molar-refractivity contribution >= 4 is 31.9 Å². The van der Waals surface area contributed by atoms with E-state index in [0.717, 1.165) is 15.8 Å². The summed E-state index contributed by atoms with van der Waals surface area (Å²) in [5, 5.41) is 0.552. The van der Waals surface area contributed by atoms with E-state index in [4.69, 9.17) is 4.74 Å². The van der Waals surface area contributed by atoms with Crippen LogP contribution < -0.4 is 4.74 Å². The highest BCUT2D eigenvalue weighted by molar-refractivity contribution is 9.10. The van der Waals surface area contributed by atoms with Gasteiger partial charge in [-0.2, -0.15) is 0 Å². The lowest BCUT2D eigenvalue weighted by atomic mass is 10.2. The fourth-order valence-electron chi connectivity index (χ4n) is 1.38. The van der Waals surface area contributed by atoms with E-state index in [9.17, 15) is 4.39 Å². The van der Waals surface area contributed by atoms with Crippen LogP contribution in [0.1, 0.15) is 5.56 Å². The summed E-state index contributed by atoms with van der Waals surface area (Å²) in [7, 11) is 0. The molecule has 0 bridgehead atoms. The largest absolute Gasteiger partial charge is 0.457 e. The summed E-state index contributed by atoms with van der Waals surface area (Å²) in [6, 6.07) is 12.0.